The SMILES string of the molecule is COc1cc2c(cc1OCCCN1CC[C@@H](OC)C1)C=NCN2c1cccc(Br)c1. The van der Waals surface area contributed by atoms with Gasteiger partial charge in [0.15, 0.2) is 11.5 Å². The summed E-state index contributed by atoms with van der Waals surface area (Å²) in [6.45, 7) is 4.36. The summed E-state index contributed by atoms with van der Waals surface area (Å²) in [6, 6.07) is 12.3. The minimum Gasteiger partial charge on any atom is -0.493 e. The van der Waals surface area contributed by atoms with E-state index in [0.29, 0.717) is 19.4 Å². The third-order valence-electron chi connectivity index (χ3n) is 5.62. The molecule has 2 aliphatic heterocycles. The van der Waals surface area contributed by atoms with Crippen LogP contribution in [0.25, 0.3) is 0 Å². The molecule has 0 spiro atoms. The van der Waals surface area contributed by atoms with Crippen LogP contribution in [0, 0.1) is 0 Å². The molecular formula is C23H28BrN3O3. The average Bonchev–Trinajstić information content (AvgIpc) is 3.23. The molecule has 2 aromatic carbocycles. The monoisotopic (exact) mass is 473 g/mol. The molecule has 1 atom stereocenters. The second-order valence-corrected chi connectivity index (χ2v) is 8.49. The highest BCUT2D eigenvalue weighted by molar-refractivity contribution is 9.10. The van der Waals surface area contributed by atoms with E-state index >= 15 is 0 Å². The Morgan fingerprint density at radius 3 is 2.83 bits per heavy atom. The smallest absolute Gasteiger partial charge is 0.162 e. The van der Waals surface area contributed by atoms with Gasteiger partial charge in [-0.05, 0) is 37.1 Å². The predicted octanol–water partition coefficient (Wildman–Crippen LogP) is 4.48. The third-order valence-corrected chi connectivity index (χ3v) is 6.11. The van der Waals surface area contributed by atoms with Crippen LogP contribution in [0.2, 0.25) is 0 Å². The van der Waals surface area contributed by atoms with Gasteiger partial charge in [-0.2, -0.15) is 0 Å². The summed E-state index contributed by atoms with van der Waals surface area (Å²) < 4.78 is 18.2. The molecule has 1 saturated heterocycles. The van der Waals surface area contributed by atoms with Crippen molar-refractivity contribution < 1.29 is 14.2 Å². The molecule has 0 bridgehead atoms. The normalized spacial score (nSPS) is 18.5. The molecule has 2 aromatic rings. The van der Waals surface area contributed by atoms with Crippen LogP contribution in [-0.4, -0.2) is 64.3 Å². The molecule has 2 heterocycles. The molecule has 4 rings (SSSR count). The number of hydrogen-bond donors (Lipinski definition) is 0. The van der Waals surface area contributed by atoms with Crippen LogP contribution >= 0.6 is 15.9 Å². The van der Waals surface area contributed by atoms with Crippen LogP contribution in [-0.2, 0) is 4.74 Å². The van der Waals surface area contributed by atoms with Crippen LogP contribution in [0.5, 0.6) is 11.5 Å². The van der Waals surface area contributed by atoms with Gasteiger partial charge >= 0.3 is 0 Å². The number of nitrogens with zero attached hydrogens (tertiary/aromatic N) is 3. The summed E-state index contributed by atoms with van der Waals surface area (Å²) >= 11 is 3.56. The summed E-state index contributed by atoms with van der Waals surface area (Å²) in [5, 5.41) is 0. The van der Waals surface area contributed by atoms with Crippen molar-refractivity contribution in [3.63, 3.8) is 0 Å². The fourth-order valence-corrected chi connectivity index (χ4v) is 4.39. The minimum absolute atomic E-state index is 0.374. The lowest BCUT2D eigenvalue weighted by atomic mass is 10.1. The molecule has 0 saturated carbocycles. The molecule has 0 N–H and O–H groups in total. The van der Waals surface area contributed by atoms with Crippen LogP contribution < -0.4 is 14.4 Å². The van der Waals surface area contributed by atoms with Crippen LogP contribution in [0.4, 0.5) is 11.4 Å². The quantitative estimate of drug-likeness (QED) is 0.529. The van der Waals surface area contributed by atoms with Gasteiger partial charge in [-0.3, -0.25) is 4.99 Å². The van der Waals surface area contributed by atoms with E-state index in [9.17, 15) is 0 Å². The number of fused-ring (bicyclic) bond motifs is 1. The van der Waals surface area contributed by atoms with Gasteiger partial charge in [0.1, 0.15) is 6.67 Å². The summed E-state index contributed by atoms with van der Waals surface area (Å²) in [5.41, 5.74) is 3.17. The van der Waals surface area contributed by atoms with E-state index in [1.807, 2.05) is 30.5 Å². The first-order chi connectivity index (χ1) is 14.7. The third kappa shape index (κ3) is 4.79. The topological polar surface area (TPSA) is 46.5 Å². The molecule has 0 unspecified atom stereocenters. The standard InChI is InChI=1S/C23H28BrN3O3/c1-28-20-7-9-26(15-20)8-4-10-30-23-11-17-14-25-16-27(21(17)13-22(23)29-2)19-6-3-5-18(24)12-19/h3,5-6,11-14,20H,4,7-10,15-16H2,1-2H3/t20-/m1/s1. The van der Waals surface area contributed by atoms with E-state index < -0.39 is 0 Å². The summed E-state index contributed by atoms with van der Waals surface area (Å²) in [7, 11) is 3.48. The van der Waals surface area contributed by atoms with Gasteiger partial charge in [-0.15, -0.1) is 0 Å². The molecule has 160 valence electrons. The van der Waals surface area contributed by atoms with E-state index in [1.165, 1.54) is 0 Å². The van der Waals surface area contributed by atoms with E-state index in [4.69, 9.17) is 14.2 Å². The maximum Gasteiger partial charge on any atom is 0.162 e. The van der Waals surface area contributed by atoms with Crippen molar-refractivity contribution in [2.75, 3.05) is 52.0 Å². The van der Waals surface area contributed by atoms with Gasteiger partial charge in [0.2, 0.25) is 0 Å². The van der Waals surface area contributed by atoms with Crippen LogP contribution in [0.15, 0.2) is 45.9 Å². The highest BCUT2D eigenvalue weighted by Gasteiger charge is 2.22. The number of hydrogen-bond acceptors (Lipinski definition) is 6. The lowest BCUT2D eigenvalue weighted by Crippen LogP contribution is -2.25. The van der Waals surface area contributed by atoms with E-state index in [-0.39, 0.29) is 0 Å². The first kappa shape index (κ1) is 21.2. The minimum atomic E-state index is 0.374. The van der Waals surface area contributed by atoms with Gasteiger partial charge in [0.05, 0.1) is 25.5 Å². The number of methoxy groups -OCH3 is 2. The van der Waals surface area contributed by atoms with E-state index in [1.54, 1.807) is 14.2 Å². The second kappa shape index (κ2) is 9.81. The van der Waals surface area contributed by atoms with E-state index in [2.05, 4.69) is 42.9 Å². The first-order valence-electron chi connectivity index (χ1n) is 10.3. The Morgan fingerprint density at radius 1 is 1.17 bits per heavy atom. The Labute approximate surface area is 186 Å². The zero-order valence-electron chi connectivity index (χ0n) is 17.5. The number of halogens is 1. The Balaban J connectivity index is 1.43. The maximum atomic E-state index is 6.10. The van der Waals surface area contributed by atoms with Crippen molar-refractivity contribution in [1.29, 1.82) is 0 Å². The zero-order chi connectivity index (χ0) is 20.9. The summed E-state index contributed by atoms with van der Waals surface area (Å²) in [6.07, 6.45) is 4.36. The number of rotatable bonds is 8. The maximum absolute atomic E-state index is 6.10. The molecule has 0 radical (unpaired) electrons. The molecule has 6 nitrogen and oxygen atoms in total. The lowest BCUT2D eigenvalue weighted by Gasteiger charge is -2.28. The molecule has 0 aromatic heterocycles. The Kier molecular flexibility index (Phi) is 6.92. The Hall–Kier alpha value is -2.09. The van der Waals surface area contributed by atoms with Gasteiger partial charge in [-0.1, -0.05) is 22.0 Å². The molecule has 0 amide bonds. The fourth-order valence-electron chi connectivity index (χ4n) is 4.00. The fraction of sp³-hybridized carbons (Fsp3) is 0.435. The zero-order valence-corrected chi connectivity index (χ0v) is 19.1. The van der Waals surface area contributed by atoms with Crippen molar-refractivity contribution >= 4 is 33.5 Å². The molecule has 1 fully saturated rings. The summed E-state index contributed by atoms with van der Waals surface area (Å²) in [4.78, 5) is 9.14. The second-order valence-electron chi connectivity index (χ2n) is 7.57. The number of benzene rings is 2. The van der Waals surface area contributed by atoms with Crippen molar-refractivity contribution in [3.05, 3.63) is 46.4 Å². The average molecular weight is 474 g/mol. The molecule has 7 heteroatoms. The van der Waals surface area contributed by atoms with Crippen molar-refractivity contribution in [1.82, 2.24) is 4.90 Å². The van der Waals surface area contributed by atoms with Crippen molar-refractivity contribution in [3.8, 4) is 11.5 Å². The Bertz CT molecular complexity index is 905. The number of aliphatic imine (C=N–C) groups is 1. The highest BCUT2D eigenvalue weighted by Crippen LogP contribution is 2.39. The lowest BCUT2D eigenvalue weighted by molar-refractivity contribution is 0.107. The predicted molar refractivity (Wildman–Crippen MR) is 124 cm³/mol. The molecule has 0 aliphatic carbocycles. The Morgan fingerprint density at radius 2 is 2.07 bits per heavy atom. The largest absolute Gasteiger partial charge is 0.493 e. The number of ether oxygens (including phenoxy) is 3. The van der Waals surface area contributed by atoms with Crippen LogP contribution in [0.1, 0.15) is 18.4 Å². The van der Waals surface area contributed by atoms with Crippen molar-refractivity contribution in [2.45, 2.75) is 18.9 Å². The highest BCUT2D eigenvalue weighted by atomic mass is 79.9. The molecule has 2 aliphatic rings. The molecule has 30 heavy (non-hydrogen) atoms. The first-order valence-corrected chi connectivity index (χ1v) is 11.1. The summed E-state index contributed by atoms with van der Waals surface area (Å²) in [5.74, 6) is 1.50. The van der Waals surface area contributed by atoms with Gasteiger partial charge in [0, 0.05) is 54.7 Å². The molecular weight excluding hydrogens is 446 g/mol. The number of likely N-dealkylation sites (tertiary alicyclic amines) is 1. The van der Waals surface area contributed by atoms with E-state index in [0.717, 1.165) is 65.4 Å². The van der Waals surface area contributed by atoms with Gasteiger partial charge in [-0.25, -0.2) is 0 Å². The number of anilines is 2. The van der Waals surface area contributed by atoms with Gasteiger partial charge < -0.3 is 24.0 Å². The van der Waals surface area contributed by atoms with Crippen LogP contribution in [0.3, 0.4) is 0 Å². The van der Waals surface area contributed by atoms with Gasteiger partial charge in [0.25, 0.3) is 0 Å². The van der Waals surface area contributed by atoms with Crippen molar-refractivity contribution in [2.24, 2.45) is 4.99 Å².